The molecule has 2 fully saturated rings. The van der Waals surface area contributed by atoms with Gasteiger partial charge in [-0.25, -0.2) is 0 Å². The van der Waals surface area contributed by atoms with Gasteiger partial charge in [0.05, 0.1) is 12.1 Å². The Morgan fingerprint density at radius 2 is 1.95 bits per heavy atom. The Morgan fingerprint density at radius 3 is 2.62 bits per heavy atom. The Labute approximate surface area is 125 Å². The Balaban J connectivity index is 1.83. The second-order valence-electron chi connectivity index (χ2n) is 5.88. The first kappa shape index (κ1) is 14.3. The van der Waals surface area contributed by atoms with Gasteiger partial charge < -0.3 is 20.3 Å². The van der Waals surface area contributed by atoms with Crippen LogP contribution in [-0.2, 0) is 4.74 Å². The lowest BCUT2D eigenvalue weighted by Crippen LogP contribution is -2.39. The lowest BCUT2D eigenvalue weighted by molar-refractivity contribution is 0.118. The summed E-state index contributed by atoms with van der Waals surface area (Å²) < 4.78 is 5.63. The predicted octanol–water partition coefficient (Wildman–Crippen LogP) is 1.06. The standard InChI is InChI=1S/C14H24N6O/c1-10-11(6-9-21-10)19(2)13-16-12(15)17-14(18-13)20-7-4-3-5-8-20/h10-11H,3-9H2,1-2H3,(H2,15,16,17,18). The van der Waals surface area contributed by atoms with E-state index in [0.717, 1.165) is 26.1 Å². The van der Waals surface area contributed by atoms with Crippen molar-refractivity contribution in [3.8, 4) is 0 Å². The van der Waals surface area contributed by atoms with Crippen molar-refractivity contribution in [3.05, 3.63) is 0 Å². The number of ether oxygens (including phenoxy) is 1. The molecule has 3 rings (SSSR count). The van der Waals surface area contributed by atoms with Gasteiger partial charge in [0.15, 0.2) is 0 Å². The number of aromatic nitrogens is 3. The third-order valence-corrected chi connectivity index (χ3v) is 4.42. The molecule has 2 saturated heterocycles. The van der Waals surface area contributed by atoms with E-state index in [-0.39, 0.29) is 6.10 Å². The molecule has 2 N–H and O–H groups in total. The smallest absolute Gasteiger partial charge is 0.232 e. The van der Waals surface area contributed by atoms with Crippen molar-refractivity contribution in [2.75, 3.05) is 42.3 Å². The van der Waals surface area contributed by atoms with Crippen LogP contribution in [0.1, 0.15) is 32.6 Å². The average molecular weight is 292 g/mol. The van der Waals surface area contributed by atoms with Crippen LogP contribution in [0, 0.1) is 0 Å². The summed E-state index contributed by atoms with van der Waals surface area (Å²) in [6.45, 7) is 4.87. The SMILES string of the molecule is CC1OCCC1N(C)c1nc(N)nc(N2CCCCC2)n1. The van der Waals surface area contributed by atoms with Crippen molar-refractivity contribution < 1.29 is 4.74 Å². The number of piperidine rings is 1. The maximum Gasteiger partial charge on any atom is 0.232 e. The van der Waals surface area contributed by atoms with E-state index >= 15 is 0 Å². The molecule has 2 unspecified atom stereocenters. The molecule has 3 heterocycles. The molecule has 1 aromatic heterocycles. The molecule has 1 aromatic rings. The quantitative estimate of drug-likeness (QED) is 0.892. The molecule has 2 atom stereocenters. The number of hydrogen-bond acceptors (Lipinski definition) is 7. The highest BCUT2D eigenvalue weighted by atomic mass is 16.5. The number of nitrogen functional groups attached to an aromatic ring is 1. The highest BCUT2D eigenvalue weighted by Gasteiger charge is 2.30. The molecule has 0 bridgehead atoms. The number of likely N-dealkylation sites (N-methyl/N-ethyl adjacent to an activating group) is 1. The molecule has 2 aliphatic heterocycles. The first-order valence-electron chi connectivity index (χ1n) is 7.76. The summed E-state index contributed by atoms with van der Waals surface area (Å²) in [5.74, 6) is 1.64. The van der Waals surface area contributed by atoms with Crippen LogP contribution in [0.2, 0.25) is 0 Å². The van der Waals surface area contributed by atoms with Gasteiger partial charge in [-0.15, -0.1) is 0 Å². The lowest BCUT2D eigenvalue weighted by atomic mass is 10.1. The summed E-state index contributed by atoms with van der Waals surface area (Å²) >= 11 is 0. The molecule has 116 valence electrons. The Bertz CT molecular complexity index is 490. The fraction of sp³-hybridized carbons (Fsp3) is 0.786. The van der Waals surface area contributed by atoms with E-state index in [4.69, 9.17) is 10.5 Å². The van der Waals surface area contributed by atoms with Gasteiger partial charge in [0.1, 0.15) is 0 Å². The minimum absolute atomic E-state index is 0.187. The largest absolute Gasteiger partial charge is 0.376 e. The maximum absolute atomic E-state index is 5.89. The van der Waals surface area contributed by atoms with Gasteiger partial charge in [0.2, 0.25) is 17.8 Å². The fourth-order valence-corrected chi connectivity index (χ4v) is 3.14. The normalized spacial score (nSPS) is 26.1. The van der Waals surface area contributed by atoms with Gasteiger partial charge in [0, 0.05) is 26.7 Å². The molecule has 2 aliphatic rings. The highest BCUT2D eigenvalue weighted by Crippen LogP contribution is 2.24. The van der Waals surface area contributed by atoms with Crippen LogP contribution >= 0.6 is 0 Å². The van der Waals surface area contributed by atoms with Crippen LogP contribution in [0.25, 0.3) is 0 Å². The van der Waals surface area contributed by atoms with Crippen LogP contribution in [-0.4, -0.2) is 53.8 Å². The number of nitrogens with zero attached hydrogens (tertiary/aromatic N) is 5. The van der Waals surface area contributed by atoms with E-state index in [1.54, 1.807) is 0 Å². The molecule has 7 heteroatoms. The van der Waals surface area contributed by atoms with Gasteiger partial charge in [0.25, 0.3) is 0 Å². The molecule has 0 radical (unpaired) electrons. The van der Waals surface area contributed by atoms with E-state index in [2.05, 4.69) is 31.7 Å². The highest BCUT2D eigenvalue weighted by molar-refractivity contribution is 5.44. The molecule has 21 heavy (non-hydrogen) atoms. The molecule has 0 amide bonds. The minimum atomic E-state index is 0.187. The van der Waals surface area contributed by atoms with Crippen LogP contribution in [0.3, 0.4) is 0 Å². The molecule has 7 nitrogen and oxygen atoms in total. The van der Waals surface area contributed by atoms with E-state index in [1.807, 2.05) is 7.05 Å². The summed E-state index contributed by atoms with van der Waals surface area (Å²) in [5, 5.41) is 0. The van der Waals surface area contributed by atoms with Gasteiger partial charge in [-0.05, 0) is 32.6 Å². The number of hydrogen-bond donors (Lipinski definition) is 1. The third kappa shape index (κ3) is 3.02. The van der Waals surface area contributed by atoms with Gasteiger partial charge in [-0.3, -0.25) is 0 Å². The predicted molar refractivity (Wildman–Crippen MR) is 82.5 cm³/mol. The molecule has 0 saturated carbocycles. The summed E-state index contributed by atoms with van der Waals surface area (Å²) in [7, 11) is 2.00. The molecular weight excluding hydrogens is 268 g/mol. The number of rotatable bonds is 3. The third-order valence-electron chi connectivity index (χ3n) is 4.42. The zero-order valence-corrected chi connectivity index (χ0v) is 12.8. The van der Waals surface area contributed by atoms with Gasteiger partial charge >= 0.3 is 0 Å². The van der Waals surface area contributed by atoms with Crippen molar-refractivity contribution in [2.24, 2.45) is 0 Å². The van der Waals surface area contributed by atoms with E-state index in [1.165, 1.54) is 19.3 Å². The van der Waals surface area contributed by atoms with E-state index in [9.17, 15) is 0 Å². The molecule has 0 spiro atoms. The average Bonchev–Trinajstić information content (AvgIpc) is 2.93. The summed E-state index contributed by atoms with van der Waals surface area (Å²) in [6, 6.07) is 0.293. The van der Waals surface area contributed by atoms with Gasteiger partial charge in [-0.1, -0.05) is 0 Å². The second-order valence-corrected chi connectivity index (χ2v) is 5.88. The number of nitrogens with two attached hydrogens (primary N) is 1. The van der Waals surface area contributed by atoms with Crippen LogP contribution in [0.5, 0.6) is 0 Å². The van der Waals surface area contributed by atoms with Crippen molar-refractivity contribution in [1.29, 1.82) is 0 Å². The van der Waals surface area contributed by atoms with E-state index < -0.39 is 0 Å². The summed E-state index contributed by atoms with van der Waals surface area (Å²) in [6.07, 6.45) is 4.82. The Hall–Kier alpha value is -1.63. The molecule has 0 aromatic carbocycles. The van der Waals surface area contributed by atoms with Crippen molar-refractivity contribution >= 4 is 17.8 Å². The van der Waals surface area contributed by atoms with Gasteiger partial charge in [-0.2, -0.15) is 15.0 Å². The van der Waals surface area contributed by atoms with Crippen molar-refractivity contribution in [3.63, 3.8) is 0 Å². The van der Waals surface area contributed by atoms with Crippen LogP contribution in [0.4, 0.5) is 17.8 Å². The fourth-order valence-electron chi connectivity index (χ4n) is 3.14. The van der Waals surface area contributed by atoms with Crippen LogP contribution < -0.4 is 15.5 Å². The topological polar surface area (TPSA) is 80.4 Å². The maximum atomic E-state index is 5.89. The van der Waals surface area contributed by atoms with Crippen molar-refractivity contribution in [1.82, 2.24) is 15.0 Å². The number of anilines is 3. The monoisotopic (exact) mass is 292 g/mol. The van der Waals surface area contributed by atoms with E-state index in [0.29, 0.717) is 23.9 Å². The second kappa shape index (κ2) is 6.01. The zero-order valence-electron chi connectivity index (χ0n) is 12.8. The summed E-state index contributed by atoms with van der Waals surface area (Å²) in [4.78, 5) is 17.5. The van der Waals surface area contributed by atoms with Crippen LogP contribution in [0.15, 0.2) is 0 Å². The first-order chi connectivity index (χ1) is 10.1. The minimum Gasteiger partial charge on any atom is -0.376 e. The first-order valence-corrected chi connectivity index (χ1v) is 7.76. The Morgan fingerprint density at radius 1 is 1.19 bits per heavy atom. The molecular formula is C14H24N6O. The molecule has 0 aliphatic carbocycles. The zero-order chi connectivity index (χ0) is 14.8. The summed E-state index contributed by atoms with van der Waals surface area (Å²) in [5.41, 5.74) is 5.89. The lowest BCUT2D eigenvalue weighted by Gasteiger charge is -2.29. The van der Waals surface area contributed by atoms with Crippen molar-refractivity contribution in [2.45, 2.75) is 44.8 Å². The Kier molecular flexibility index (Phi) is 4.10.